The van der Waals surface area contributed by atoms with Gasteiger partial charge in [-0.3, -0.25) is 4.79 Å². The van der Waals surface area contributed by atoms with Gasteiger partial charge in [0.1, 0.15) is 5.69 Å². The van der Waals surface area contributed by atoms with Gasteiger partial charge in [0.25, 0.3) is 0 Å². The fourth-order valence-electron chi connectivity index (χ4n) is 1.28. The number of rotatable bonds is 2. The van der Waals surface area contributed by atoms with Crippen molar-refractivity contribution in [2.75, 3.05) is 0 Å². The normalized spacial score (nSPS) is 10.3. The van der Waals surface area contributed by atoms with Crippen LogP contribution in [0.3, 0.4) is 0 Å². The van der Waals surface area contributed by atoms with Gasteiger partial charge in [0, 0.05) is 3.57 Å². The molecule has 4 nitrogen and oxygen atoms in total. The molecule has 2 rings (SSSR count). The van der Waals surface area contributed by atoms with E-state index in [9.17, 15) is 4.79 Å². The van der Waals surface area contributed by atoms with Crippen LogP contribution in [0.1, 0.15) is 16.1 Å². The minimum Gasteiger partial charge on any atom is -0.296 e. The molecule has 0 aliphatic rings. The van der Waals surface area contributed by atoms with Crippen LogP contribution in [0.25, 0.3) is 5.69 Å². The Kier molecular flexibility index (Phi) is 2.81. The second kappa shape index (κ2) is 4.09. The molecule has 0 aliphatic heterocycles. The Morgan fingerprint density at radius 1 is 1.47 bits per heavy atom. The number of aromatic nitrogens is 3. The van der Waals surface area contributed by atoms with Crippen LogP contribution < -0.4 is 0 Å². The molecular formula is C10H8IN3O. The van der Waals surface area contributed by atoms with Crippen LogP contribution in [-0.2, 0) is 0 Å². The van der Waals surface area contributed by atoms with Crippen molar-refractivity contribution < 1.29 is 4.79 Å². The highest BCUT2D eigenvalue weighted by molar-refractivity contribution is 14.1. The fraction of sp³-hybridized carbons (Fsp3) is 0.100. The standard InChI is InChI=1S/C10H8IN3O/c1-7-2-3-8(11)4-10(7)14-5-9(6-15)12-13-14/h2-6H,1H3. The molecule has 0 unspecified atom stereocenters. The van der Waals surface area contributed by atoms with E-state index in [2.05, 4.69) is 32.9 Å². The minimum absolute atomic E-state index is 0.341. The van der Waals surface area contributed by atoms with Gasteiger partial charge in [0.2, 0.25) is 0 Å². The zero-order valence-electron chi connectivity index (χ0n) is 8.01. The van der Waals surface area contributed by atoms with E-state index in [1.165, 1.54) is 0 Å². The molecule has 2 aromatic rings. The van der Waals surface area contributed by atoms with Crippen LogP contribution in [0.2, 0.25) is 0 Å². The monoisotopic (exact) mass is 313 g/mol. The van der Waals surface area contributed by atoms with Gasteiger partial charge >= 0.3 is 0 Å². The van der Waals surface area contributed by atoms with E-state index in [0.29, 0.717) is 12.0 Å². The SMILES string of the molecule is Cc1ccc(I)cc1-n1cc(C=O)nn1. The first-order valence-corrected chi connectivity index (χ1v) is 5.42. The summed E-state index contributed by atoms with van der Waals surface area (Å²) in [6.45, 7) is 1.99. The molecular weight excluding hydrogens is 305 g/mol. The number of aryl methyl sites for hydroxylation is 1. The predicted octanol–water partition coefficient (Wildman–Crippen LogP) is 1.99. The molecule has 0 atom stereocenters. The third-order valence-corrected chi connectivity index (χ3v) is 2.72. The average Bonchev–Trinajstić information content (AvgIpc) is 2.70. The molecule has 76 valence electrons. The molecule has 5 heteroatoms. The molecule has 0 saturated heterocycles. The van der Waals surface area contributed by atoms with Crippen molar-refractivity contribution in [2.45, 2.75) is 6.92 Å². The third kappa shape index (κ3) is 2.06. The minimum atomic E-state index is 0.341. The molecule has 0 N–H and O–H groups in total. The van der Waals surface area contributed by atoms with E-state index in [4.69, 9.17) is 0 Å². The molecule has 1 aromatic heterocycles. The number of carbonyl (C=O) groups excluding carboxylic acids is 1. The molecule has 0 fully saturated rings. The Bertz CT molecular complexity index is 507. The maximum atomic E-state index is 10.5. The Morgan fingerprint density at radius 3 is 2.93 bits per heavy atom. The highest BCUT2D eigenvalue weighted by Crippen LogP contribution is 2.16. The number of halogens is 1. The first kappa shape index (κ1) is 10.3. The summed E-state index contributed by atoms with van der Waals surface area (Å²) in [5.41, 5.74) is 2.38. The highest BCUT2D eigenvalue weighted by Gasteiger charge is 2.04. The smallest absolute Gasteiger partial charge is 0.171 e. The number of hydrogen-bond donors (Lipinski definition) is 0. The maximum absolute atomic E-state index is 10.5. The van der Waals surface area contributed by atoms with E-state index in [-0.39, 0.29) is 0 Å². The second-order valence-electron chi connectivity index (χ2n) is 3.14. The predicted molar refractivity (Wildman–Crippen MR) is 64.2 cm³/mol. The third-order valence-electron chi connectivity index (χ3n) is 2.05. The van der Waals surface area contributed by atoms with Crippen LogP contribution in [0.4, 0.5) is 0 Å². The summed E-state index contributed by atoms with van der Waals surface area (Å²) in [5.74, 6) is 0. The van der Waals surface area contributed by atoms with Gasteiger partial charge in [-0.25, -0.2) is 4.68 Å². The Morgan fingerprint density at radius 2 is 2.27 bits per heavy atom. The van der Waals surface area contributed by atoms with Crippen molar-refractivity contribution in [3.8, 4) is 5.69 Å². The first-order chi connectivity index (χ1) is 7.20. The summed E-state index contributed by atoms with van der Waals surface area (Å²) in [6, 6.07) is 6.04. The number of nitrogens with zero attached hydrogens (tertiary/aromatic N) is 3. The highest BCUT2D eigenvalue weighted by atomic mass is 127. The second-order valence-corrected chi connectivity index (χ2v) is 4.38. The van der Waals surface area contributed by atoms with Crippen molar-refractivity contribution in [3.63, 3.8) is 0 Å². The lowest BCUT2D eigenvalue weighted by molar-refractivity contribution is 0.111. The van der Waals surface area contributed by atoms with Crippen LogP contribution in [-0.4, -0.2) is 21.3 Å². The average molecular weight is 313 g/mol. The number of benzene rings is 1. The molecule has 0 saturated carbocycles. The summed E-state index contributed by atoms with van der Waals surface area (Å²) >= 11 is 2.23. The van der Waals surface area contributed by atoms with Crippen LogP contribution in [0.5, 0.6) is 0 Å². The lowest BCUT2D eigenvalue weighted by atomic mass is 10.2. The Hall–Kier alpha value is -1.24. The van der Waals surface area contributed by atoms with Crippen molar-refractivity contribution >= 4 is 28.9 Å². The van der Waals surface area contributed by atoms with Crippen LogP contribution in [0, 0.1) is 10.5 Å². The molecule has 0 amide bonds. The van der Waals surface area contributed by atoms with E-state index < -0.39 is 0 Å². The quantitative estimate of drug-likeness (QED) is 0.629. The number of hydrogen-bond acceptors (Lipinski definition) is 3. The summed E-state index contributed by atoms with van der Waals surface area (Å²) < 4.78 is 2.73. The van der Waals surface area contributed by atoms with E-state index in [1.54, 1.807) is 10.9 Å². The van der Waals surface area contributed by atoms with Crippen LogP contribution >= 0.6 is 22.6 Å². The van der Waals surface area contributed by atoms with Gasteiger partial charge < -0.3 is 0 Å². The molecule has 0 bridgehead atoms. The number of carbonyl (C=O) groups is 1. The molecule has 15 heavy (non-hydrogen) atoms. The topological polar surface area (TPSA) is 47.8 Å². The molecule has 0 spiro atoms. The van der Waals surface area contributed by atoms with E-state index >= 15 is 0 Å². The lowest BCUT2D eigenvalue weighted by Crippen LogP contribution is -1.98. The molecule has 0 aliphatic carbocycles. The number of aldehydes is 1. The first-order valence-electron chi connectivity index (χ1n) is 4.35. The fourth-order valence-corrected chi connectivity index (χ4v) is 1.75. The van der Waals surface area contributed by atoms with E-state index in [0.717, 1.165) is 14.8 Å². The maximum Gasteiger partial charge on any atom is 0.171 e. The van der Waals surface area contributed by atoms with Crippen molar-refractivity contribution in [1.29, 1.82) is 0 Å². The largest absolute Gasteiger partial charge is 0.296 e. The van der Waals surface area contributed by atoms with Crippen molar-refractivity contribution in [2.24, 2.45) is 0 Å². The Balaban J connectivity index is 2.52. The van der Waals surface area contributed by atoms with Crippen molar-refractivity contribution in [3.05, 3.63) is 39.2 Å². The lowest BCUT2D eigenvalue weighted by Gasteiger charge is -2.04. The van der Waals surface area contributed by atoms with E-state index in [1.807, 2.05) is 25.1 Å². The van der Waals surface area contributed by atoms with Gasteiger partial charge in [-0.1, -0.05) is 11.3 Å². The molecule has 0 radical (unpaired) electrons. The molecule has 1 heterocycles. The van der Waals surface area contributed by atoms with Gasteiger partial charge in [-0.15, -0.1) is 5.10 Å². The van der Waals surface area contributed by atoms with Gasteiger partial charge in [0.05, 0.1) is 11.9 Å². The zero-order chi connectivity index (χ0) is 10.8. The van der Waals surface area contributed by atoms with Gasteiger partial charge in [-0.2, -0.15) is 0 Å². The van der Waals surface area contributed by atoms with Crippen LogP contribution in [0.15, 0.2) is 24.4 Å². The summed E-state index contributed by atoms with van der Waals surface area (Å²) in [7, 11) is 0. The summed E-state index contributed by atoms with van der Waals surface area (Å²) in [4.78, 5) is 10.5. The van der Waals surface area contributed by atoms with Crippen molar-refractivity contribution in [1.82, 2.24) is 15.0 Å². The Labute approximate surface area is 100 Å². The summed E-state index contributed by atoms with van der Waals surface area (Å²) in [6.07, 6.45) is 2.30. The molecule has 1 aromatic carbocycles. The van der Waals surface area contributed by atoms with Gasteiger partial charge in [-0.05, 0) is 47.2 Å². The van der Waals surface area contributed by atoms with Gasteiger partial charge in [0.15, 0.2) is 6.29 Å². The summed E-state index contributed by atoms with van der Waals surface area (Å²) in [5, 5.41) is 7.62. The zero-order valence-corrected chi connectivity index (χ0v) is 10.2.